The first kappa shape index (κ1) is 18.5. The van der Waals surface area contributed by atoms with Crippen molar-refractivity contribution >= 4 is 11.0 Å². The molecule has 0 unspecified atom stereocenters. The van der Waals surface area contributed by atoms with E-state index in [2.05, 4.69) is 11.9 Å². The van der Waals surface area contributed by atoms with Crippen LogP contribution in [-0.4, -0.2) is 45.2 Å². The van der Waals surface area contributed by atoms with Crippen molar-refractivity contribution in [2.75, 3.05) is 40.3 Å². The molecule has 4 rings (SSSR count). The first-order valence-corrected chi connectivity index (χ1v) is 9.48. The van der Waals surface area contributed by atoms with E-state index in [0.717, 1.165) is 42.9 Å². The SMILES string of the molecule is COc1ccc(-c2cc3ccc([O-])c(C[NH+]4CCN(C)CC4)c3oc2=O)cc1. The Morgan fingerprint density at radius 3 is 2.54 bits per heavy atom. The molecular formula is C22H24N2O4. The van der Waals surface area contributed by atoms with Gasteiger partial charge in [0, 0.05) is 24.0 Å². The van der Waals surface area contributed by atoms with Crippen molar-refractivity contribution in [1.29, 1.82) is 0 Å². The van der Waals surface area contributed by atoms with E-state index in [1.807, 2.05) is 30.3 Å². The van der Waals surface area contributed by atoms with Crippen LogP contribution in [0.15, 0.2) is 51.7 Å². The summed E-state index contributed by atoms with van der Waals surface area (Å²) in [5, 5.41) is 13.3. The molecule has 0 aliphatic carbocycles. The first-order chi connectivity index (χ1) is 13.5. The van der Waals surface area contributed by atoms with E-state index in [9.17, 15) is 9.90 Å². The number of rotatable bonds is 4. The zero-order valence-corrected chi connectivity index (χ0v) is 16.2. The second kappa shape index (κ2) is 7.66. The van der Waals surface area contributed by atoms with Crippen molar-refractivity contribution < 1.29 is 19.2 Å². The van der Waals surface area contributed by atoms with Crippen molar-refractivity contribution in [1.82, 2.24) is 4.90 Å². The predicted octanol–water partition coefficient (Wildman–Crippen LogP) is 0.873. The van der Waals surface area contributed by atoms with E-state index in [-0.39, 0.29) is 5.75 Å². The smallest absolute Gasteiger partial charge is 0.344 e. The van der Waals surface area contributed by atoms with Crippen LogP contribution in [-0.2, 0) is 6.54 Å². The lowest BCUT2D eigenvalue weighted by Gasteiger charge is -2.30. The highest BCUT2D eigenvalue weighted by molar-refractivity contribution is 5.85. The Hall–Kier alpha value is -2.83. The number of fused-ring (bicyclic) bond motifs is 1. The van der Waals surface area contributed by atoms with Crippen LogP contribution in [0.2, 0.25) is 0 Å². The number of quaternary nitrogens is 1. The number of hydrogen-bond donors (Lipinski definition) is 1. The molecule has 1 fully saturated rings. The summed E-state index contributed by atoms with van der Waals surface area (Å²) in [6, 6.07) is 12.4. The fourth-order valence-electron chi connectivity index (χ4n) is 3.72. The molecule has 0 spiro atoms. The molecule has 3 aromatic rings. The lowest BCUT2D eigenvalue weighted by Crippen LogP contribution is -3.13. The summed E-state index contributed by atoms with van der Waals surface area (Å²) >= 11 is 0. The lowest BCUT2D eigenvalue weighted by atomic mass is 10.0. The molecule has 6 heteroatoms. The van der Waals surface area contributed by atoms with Crippen molar-refractivity contribution in [2.24, 2.45) is 0 Å². The summed E-state index contributed by atoms with van der Waals surface area (Å²) in [6.45, 7) is 4.52. The van der Waals surface area contributed by atoms with Gasteiger partial charge in [-0.1, -0.05) is 30.0 Å². The molecule has 0 atom stereocenters. The monoisotopic (exact) mass is 380 g/mol. The molecule has 6 nitrogen and oxygen atoms in total. The molecule has 0 amide bonds. The Balaban J connectivity index is 1.72. The Labute approximate surface area is 163 Å². The Kier molecular flexibility index (Phi) is 5.07. The molecule has 28 heavy (non-hydrogen) atoms. The number of piperazine rings is 1. The van der Waals surface area contributed by atoms with E-state index >= 15 is 0 Å². The molecule has 1 aliphatic rings. The Morgan fingerprint density at radius 1 is 1.14 bits per heavy atom. The van der Waals surface area contributed by atoms with Crippen LogP contribution in [0, 0.1) is 0 Å². The standard InChI is InChI=1S/C22H24N2O4/c1-23-9-11-24(12-10-23)14-19-20(25)8-5-16-13-18(22(26)28-21(16)19)15-3-6-17(27-2)7-4-15/h3-8,13,25H,9-12,14H2,1-2H3. The van der Waals surface area contributed by atoms with Crippen LogP contribution in [0.1, 0.15) is 5.56 Å². The topological polar surface area (TPSA) is 70.2 Å². The predicted molar refractivity (Wildman–Crippen MR) is 106 cm³/mol. The molecule has 2 heterocycles. The normalized spacial score (nSPS) is 15.8. The Bertz CT molecular complexity index is 1030. The zero-order valence-electron chi connectivity index (χ0n) is 16.2. The molecule has 146 valence electrons. The summed E-state index contributed by atoms with van der Waals surface area (Å²) in [6.07, 6.45) is 0. The van der Waals surface area contributed by atoms with Gasteiger partial charge in [0.2, 0.25) is 0 Å². The van der Waals surface area contributed by atoms with Gasteiger partial charge in [0.25, 0.3) is 0 Å². The van der Waals surface area contributed by atoms with Gasteiger partial charge in [-0.25, -0.2) is 4.79 Å². The quantitative estimate of drug-likeness (QED) is 0.681. The van der Waals surface area contributed by atoms with Gasteiger partial charge in [0.15, 0.2) is 0 Å². The van der Waals surface area contributed by atoms with Crippen molar-refractivity contribution in [3.63, 3.8) is 0 Å². The maximum Gasteiger partial charge on any atom is 0.344 e. The number of methoxy groups -OCH3 is 1. The van der Waals surface area contributed by atoms with Gasteiger partial charge in [-0.15, -0.1) is 0 Å². The molecule has 0 saturated carbocycles. The minimum atomic E-state index is -0.433. The summed E-state index contributed by atoms with van der Waals surface area (Å²) in [4.78, 5) is 16.3. The summed E-state index contributed by atoms with van der Waals surface area (Å²) in [5.41, 5.74) is 1.81. The number of nitrogens with zero attached hydrogens (tertiary/aromatic N) is 1. The molecule has 1 aromatic heterocycles. The molecular weight excluding hydrogens is 356 g/mol. The van der Waals surface area contributed by atoms with Crippen LogP contribution in [0.4, 0.5) is 0 Å². The number of ether oxygens (including phenoxy) is 1. The summed E-state index contributed by atoms with van der Waals surface area (Å²) < 4.78 is 10.8. The van der Waals surface area contributed by atoms with Crippen LogP contribution in [0.25, 0.3) is 22.1 Å². The van der Waals surface area contributed by atoms with Gasteiger partial charge in [-0.3, -0.25) is 4.90 Å². The van der Waals surface area contributed by atoms with E-state index in [1.165, 1.54) is 4.90 Å². The Morgan fingerprint density at radius 2 is 1.86 bits per heavy atom. The van der Waals surface area contributed by atoms with Gasteiger partial charge >= 0.3 is 5.63 Å². The molecule has 1 aliphatic heterocycles. The second-order valence-corrected chi connectivity index (χ2v) is 7.37. The van der Waals surface area contributed by atoms with E-state index in [4.69, 9.17) is 9.15 Å². The van der Waals surface area contributed by atoms with Crippen LogP contribution in [0.3, 0.4) is 0 Å². The molecule has 0 radical (unpaired) electrons. The number of hydrogen-bond acceptors (Lipinski definition) is 5. The molecule has 1 N–H and O–H groups in total. The third-order valence-corrected chi connectivity index (χ3v) is 5.48. The van der Waals surface area contributed by atoms with Gasteiger partial charge in [-0.05, 0) is 30.8 Å². The number of benzene rings is 2. The molecule has 0 bridgehead atoms. The summed E-state index contributed by atoms with van der Waals surface area (Å²) in [7, 11) is 3.71. The fraction of sp³-hybridized carbons (Fsp3) is 0.318. The van der Waals surface area contributed by atoms with Gasteiger partial charge in [0.05, 0.1) is 25.8 Å². The average molecular weight is 380 g/mol. The second-order valence-electron chi connectivity index (χ2n) is 7.37. The fourth-order valence-corrected chi connectivity index (χ4v) is 3.72. The number of likely N-dealkylation sites (N-methyl/N-ethyl adjacent to an activating group) is 1. The maximum absolute atomic E-state index is 12.7. The minimum Gasteiger partial charge on any atom is -0.872 e. The van der Waals surface area contributed by atoms with E-state index in [0.29, 0.717) is 23.3 Å². The van der Waals surface area contributed by atoms with Crippen LogP contribution >= 0.6 is 0 Å². The largest absolute Gasteiger partial charge is 0.872 e. The van der Waals surface area contributed by atoms with Crippen LogP contribution < -0.4 is 20.4 Å². The zero-order chi connectivity index (χ0) is 19.7. The van der Waals surface area contributed by atoms with Crippen LogP contribution in [0.5, 0.6) is 11.5 Å². The van der Waals surface area contributed by atoms with E-state index < -0.39 is 5.63 Å². The molecule has 2 aromatic carbocycles. The average Bonchev–Trinajstić information content (AvgIpc) is 2.71. The third-order valence-electron chi connectivity index (χ3n) is 5.48. The van der Waals surface area contributed by atoms with E-state index in [1.54, 1.807) is 19.2 Å². The van der Waals surface area contributed by atoms with Gasteiger partial charge in [0.1, 0.15) is 17.9 Å². The van der Waals surface area contributed by atoms with Crippen molar-refractivity contribution in [2.45, 2.75) is 6.54 Å². The summed E-state index contributed by atoms with van der Waals surface area (Å²) in [5.74, 6) is 0.654. The third kappa shape index (κ3) is 3.61. The highest BCUT2D eigenvalue weighted by atomic mass is 16.5. The minimum absolute atomic E-state index is 0.0701. The van der Waals surface area contributed by atoms with Gasteiger partial charge < -0.3 is 19.2 Å². The lowest BCUT2D eigenvalue weighted by molar-refractivity contribution is -0.918. The molecule has 1 saturated heterocycles. The van der Waals surface area contributed by atoms with Gasteiger partial charge in [-0.2, -0.15) is 0 Å². The first-order valence-electron chi connectivity index (χ1n) is 9.48. The number of nitrogens with one attached hydrogen (secondary N) is 1. The highest BCUT2D eigenvalue weighted by Crippen LogP contribution is 2.28. The van der Waals surface area contributed by atoms with Crippen molar-refractivity contribution in [3.05, 3.63) is 58.4 Å². The maximum atomic E-state index is 12.7. The van der Waals surface area contributed by atoms with Crippen molar-refractivity contribution in [3.8, 4) is 22.6 Å². The highest BCUT2D eigenvalue weighted by Gasteiger charge is 2.20.